The van der Waals surface area contributed by atoms with E-state index < -0.39 is 0 Å². The Hall–Kier alpha value is -1.56. The Balaban J connectivity index is 0.00000243. The molecule has 2 aromatic rings. The first-order chi connectivity index (χ1) is 11.9. The molecule has 1 aliphatic heterocycles. The minimum Gasteiger partial charge on any atom is -0.335 e. The monoisotopic (exact) mass is 396 g/mol. The number of hydrogen-bond donors (Lipinski definition) is 1. The van der Waals surface area contributed by atoms with Crippen LogP contribution in [0, 0.1) is 19.8 Å². The largest absolute Gasteiger partial charge is 0.335 e. The third kappa shape index (κ3) is 3.90. The van der Waals surface area contributed by atoms with Crippen LogP contribution in [-0.4, -0.2) is 39.7 Å². The molecular formula is C19H26Cl2N4O. The van der Waals surface area contributed by atoms with Gasteiger partial charge in [-0.3, -0.25) is 9.48 Å². The standard InChI is InChI=1S/C19H25ClN4O.ClH/c1-12-8-15(9-21)10-23(12)19(25)18-13(2)22-24(14(18)3)11-16-6-4-5-7-17(16)20;/h4-7,12,15H,8-11,21H2,1-3H3;1H. The molecule has 7 heteroatoms. The van der Waals surface area contributed by atoms with Crippen molar-refractivity contribution in [3.05, 3.63) is 51.8 Å². The van der Waals surface area contributed by atoms with Gasteiger partial charge >= 0.3 is 0 Å². The van der Waals surface area contributed by atoms with Gasteiger partial charge < -0.3 is 10.6 Å². The van der Waals surface area contributed by atoms with E-state index in [0.717, 1.165) is 29.9 Å². The molecule has 2 atom stereocenters. The Morgan fingerprint density at radius 3 is 2.65 bits per heavy atom. The first-order valence-corrected chi connectivity index (χ1v) is 9.08. The zero-order valence-corrected chi connectivity index (χ0v) is 17.0. The van der Waals surface area contributed by atoms with Crippen LogP contribution in [0.4, 0.5) is 0 Å². The van der Waals surface area contributed by atoms with Crippen LogP contribution in [0.2, 0.25) is 5.02 Å². The average Bonchev–Trinajstić information content (AvgIpc) is 3.09. The number of likely N-dealkylation sites (tertiary alicyclic amines) is 1. The van der Waals surface area contributed by atoms with Crippen LogP contribution in [0.5, 0.6) is 0 Å². The van der Waals surface area contributed by atoms with E-state index in [-0.39, 0.29) is 24.4 Å². The Morgan fingerprint density at radius 1 is 1.35 bits per heavy atom. The van der Waals surface area contributed by atoms with Gasteiger partial charge in [-0.1, -0.05) is 29.8 Å². The van der Waals surface area contributed by atoms with Gasteiger partial charge in [0.2, 0.25) is 0 Å². The summed E-state index contributed by atoms with van der Waals surface area (Å²) in [5.74, 6) is 0.446. The SMILES string of the molecule is Cc1nn(Cc2ccccc2Cl)c(C)c1C(=O)N1CC(CN)CC1C.Cl. The summed E-state index contributed by atoms with van der Waals surface area (Å²) in [6.07, 6.45) is 0.966. The quantitative estimate of drug-likeness (QED) is 0.860. The smallest absolute Gasteiger partial charge is 0.257 e. The number of halogens is 2. The second-order valence-corrected chi connectivity index (χ2v) is 7.35. The molecule has 2 N–H and O–H groups in total. The lowest BCUT2D eigenvalue weighted by Crippen LogP contribution is -2.35. The summed E-state index contributed by atoms with van der Waals surface area (Å²) in [5.41, 5.74) is 9.13. The van der Waals surface area contributed by atoms with E-state index in [1.54, 1.807) is 0 Å². The van der Waals surface area contributed by atoms with E-state index in [2.05, 4.69) is 12.0 Å². The molecule has 142 valence electrons. The molecule has 1 aliphatic rings. The highest BCUT2D eigenvalue weighted by Crippen LogP contribution is 2.27. The maximum Gasteiger partial charge on any atom is 0.257 e. The summed E-state index contributed by atoms with van der Waals surface area (Å²) in [7, 11) is 0. The summed E-state index contributed by atoms with van der Waals surface area (Å²) in [4.78, 5) is 15.0. The number of carbonyl (C=O) groups excluding carboxylic acids is 1. The number of nitrogens with two attached hydrogens (primary N) is 1. The van der Waals surface area contributed by atoms with Gasteiger partial charge in [-0.15, -0.1) is 12.4 Å². The summed E-state index contributed by atoms with van der Waals surface area (Å²) in [6, 6.07) is 7.93. The van der Waals surface area contributed by atoms with Crippen LogP contribution in [0.25, 0.3) is 0 Å². The zero-order chi connectivity index (χ0) is 18.1. The Morgan fingerprint density at radius 2 is 2.04 bits per heavy atom. The van der Waals surface area contributed by atoms with Gasteiger partial charge in [-0.2, -0.15) is 5.10 Å². The minimum atomic E-state index is 0. The van der Waals surface area contributed by atoms with E-state index in [0.29, 0.717) is 29.6 Å². The minimum absolute atomic E-state index is 0. The molecule has 0 radical (unpaired) electrons. The van der Waals surface area contributed by atoms with Crippen LogP contribution in [0.3, 0.4) is 0 Å². The van der Waals surface area contributed by atoms with Crippen molar-refractivity contribution < 1.29 is 4.79 Å². The molecule has 2 unspecified atom stereocenters. The number of rotatable bonds is 4. The number of benzene rings is 1. The summed E-state index contributed by atoms with van der Waals surface area (Å²) in [6.45, 7) is 7.84. The maximum absolute atomic E-state index is 13.1. The van der Waals surface area contributed by atoms with Crippen molar-refractivity contribution in [1.29, 1.82) is 0 Å². The number of aryl methyl sites for hydroxylation is 1. The van der Waals surface area contributed by atoms with E-state index in [1.807, 2.05) is 47.7 Å². The van der Waals surface area contributed by atoms with Gasteiger partial charge in [0.25, 0.3) is 5.91 Å². The van der Waals surface area contributed by atoms with Crippen molar-refractivity contribution in [2.24, 2.45) is 11.7 Å². The Kier molecular flexibility index (Phi) is 6.72. The Labute approximate surface area is 165 Å². The van der Waals surface area contributed by atoms with E-state index in [9.17, 15) is 4.79 Å². The van der Waals surface area contributed by atoms with Gasteiger partial charge in [0.15, 0.2) is 0 Å². The summed E-state index contributed by atoms with van der Waals surface area (Å²) >= 11 is 6.26. The van der Waals surface area contributed by atoms with Crippen molar-refractivity contribution in [1.82, 2.24) is 14.7 Å². The van der Waals surface area contributed by atoms with Gasteiger partial charge in [-0.05, 0) is 51.3 Å². The number of nitrogens with zero attached hydrogens (tertiary/aromatic N) is 3. The van der Waals surface area contributed by atoms with E-state index in [4.69, 9.17) is 17.3 Å². The molecule has 5 nitrogen and oxygen atoms in total. The van der Waals surface area contributed by atoms with Gasteiger partial charge in [0.05, 0.1) is 17.8 Å². The van der Waals surface area contributed by atoms with Crippen molar-refractivity contribution in [2.45, 2.75) is 39.8 Å². The number of carbonyl (C=O) groups is 1. The third-order valence-corrected chi connectivity index (χ3v) is 5.50. The summed E-state index contributed by atoms with van der Waals surface area (Å²) in [5, 5.41) is 5.30. The fourth-order valence-corrected chi connectivity index (χ4v) is 3.88. The second-order valence-electron chi connectivity index (χ2n) is 6.94. The maximum atomic E-state index is 13.1. The second kappa shape index (κ2) is 8.42. The van der Waals surface area contributed by atoms with Crippen LogP contribution in [0.1, 0.15) is 40.7 Å². The summed E-state index contributed by atoms with van der Waals surface area (Å²) < 4.78 is 1.87. The molecule has 0 bridgehead atoms. The molecule has 1 amide bonds. The molecule has 0 saturated carbocycles. The number of aromatic nitrogens is 2. The van der Waals surface area contributed by atoms with Crippen LogP contribution < -0.4 is 5.73 Å². The predicted octanol–water partition coefficient (Wildman–Crippen LogP) is 3.43. The number of amides is 1. The first-order valence-electron chi connectivity index (χ1n) is 8.70. The molecule has 1 aromatic heterocycles. The average molecular weight is 397 g/mol. The Bertz CT molecular complexity index is 790. The lowest BCUT2D eigenvalue weighted by atomic mass is 10.1. The molecule has 2 heterocycles. The van der Waals surface area contributed by atoms with Crippen molar-refractivity contribution in [3.8, 4) is 0 Å². The molecule has 26 heavy (non-hydrogen) atoms. The van der Waals surface area contributed by atoms with Crippen molar-refractivity contribution >= 4 is 29.9 Å². The third-order valence-electron chi connectivity index (χ3n) is 5.13. The lowest BCUT2D eigenvalue weighted by Gasteiger charge is -2.21. The highest BCUT2D eigenvalue weighted by atomic mass is 35.5. The molecule has 1 aromatic carbocycles. The van der Waals surface area contributed by atoms with Gasteiger partial charge in [0.1, 0.15) is 0 Å². The van der Waals surface area contributed by atoms with Crippen molar-refractivity contribution in [3.63, 3.8) is 0 Å². The van der Waals surface area contributed by atoms with Crippen LogP contribution in [-0.2, 0) is 6.54 Å². The normalized spacial score (nSPS) is 19.5. The van der Waals surface area contributed by atoms with Crippen molar-refractivity contribution in [2.75, 3.05) is 13.1 Å². The van der Waals surface area contributed by atoms with Gasteiger partial charge in [-0.25, -0.2) is 0 Å². The fraction of sp³-hybridized carbons (Fsp3) is 0.474. The lowest BCUT2D eigenvalue weighted by molar-refractivity contribution is 0.0742. The molecule has 0 aliphatic carbocycles. The van der Waals surface area contributed by atoms with Crippen LogP contribution >= 0.6 is 24.0 Å². The molecule has 3 rings (SSSR count). The fourth-order valence-electron chi connectivity index (χ4n) is 3.69. The highest BCUT2D eigenvalue weighted by molar-refractivity contribution is 6.31. The molecular weight excluding hydrogens is 371 g/mol. The van der Waals surface area contributed by atoms with E-state index in [1.165, 1.54) is 0 Å². The topological polar surface area (TPSA) is 64.2 Å². The first kappa shape index (κ1) is 20.7. The zero-order valence-electron chi connectivity index (χ0n) is 15.4. The highest BCUT2D eigenvalue weighted by Gasteiger charge is 2.34. The van der Waals surface area contributed by atoms with Gasteiger partial charge in [0, 0.05) is 23.3 Å². The molecule has 1 fully saturated rings. The predicted molar refractivity (Wildman–Crippen MR) is 107 cm³/mol. The number of hydrogen-bond acceptors (Lipinski definition) is 3. The van der Waals surface area contributed by atoms with Crippen LogP contribution in [0.15, 0.2) is 24.3 Å². The molecule has 0 spiro atoms. The molecule has 1 saturated heterocycles. The van der Waals surface area contributed by atoms with E-state index >= 15 is 0 Å².